The van der Waals surface area contributed by atoms with Crippen LogP contribution in [0.15, 0.2) is 47.1 Å². The second kappa shape index (κ2) is 7.14. The third-order valence-electron chi connectivity index (χ3n) is 2.65. The van der Waals surface area contributed by atoms with Gasteiger partial charge >= 0.3 is 0 Å². The Morgan fingerprint density at radius 1 is 1.20 bits per heavy atom. The van der Waals surface area contributed by atoms with Crippen LogP contribution < -0.4 is 11.3 Å². The summed E-state index contributed by atoms with van der Waals surface area (Å²) in [5.74, 6) is 4.68. The number of ether oxygens (including phenoxy) is 1. The maximum Gasteiger partial charge on any atom is 0.266 e. The van der Waals surface area contributed by atoms with Crippen molar-refractivity contribution in [3.8, 4) is 0 Å². The molecule has 0 aliphatic heterocycles. The third kappa shape index (κ3) is 4.12. The fourth-order valence-electron chi connectivity index (χ4n) is 1.58. The molecular weight excluding hydrogens is 322 g/mol. The summed E-state index contributed by atoms with van der Waals surface area (Å²) < 4.78 is 6.61. The zero-order valence-corrected chi connectivity index (χ0v) is 12.3. The van der Waals surface area contributed by atoms with Gasteiger partial charge in [0.25, 0.3) is 5.91 Å². The molecule has 0 unspecified atom stereocenters. The zero-order valence-electron chi connectivity index (χ0n) is 10.7. The van der Waals surface area contributed by atoms with E-state index in [2.05, 4.69) is 26.3 Å². The first-order valence-electron chi connectivity index (χ1n) is 5.97. The first kappa shape index (κ1) is 14.6. The summed E-state index contributed by atoms with van der Waals surface area (Å²) in [6, 6.07) is 11.3. The summed E-state index contributed by atoms with van der Waals surface area (Å²) in [5.41, 5.74) is 4.33. The molecule has 2 aromatic rings. The predicted molar refractivity (Wildman–Crippen MR) is 78.5 cm³/mol. The maximum absolute atomic E-state index is 11.2. The topological polar surface area (TPSA) is 77.2 Å². The first-order valence-corrected chi connectivity index (χ1v) is 6.76. The molecule has 0 saturated heterocycles. The Morgan fingerprint density at radius 3 is 2.55 bits per heavy atom. The molecule has 0 spiro atoms. The number of rotatable bonds is 5. The number of halogens is 1. The SMILES string of the molecule is NNC(=O)c1ccc(COCc2ccc(Br)cc2)nc1. The Balaban J connectivity index is 1.85. The highest BCUT2D eigenvalue weighted by Gasteiger charge is 2.03. The highest BCUT2D eigenvalue weighted by molar-refractivity contribution is 9.10. The lowest BCUT2D eigenvalue weighted by Gasteiger charge is -2.05. The average Bonchev–Trinajstić information content (AvgIpc) is 2.49. The van der Waals surface area contributed by atoms with E-state index in [4.69, 9.17) is 10.6 Å². The molecule has 0 aliphatic rings. The van der Waals surface area contributed by atoms with Crippen LogP contribution in [-0.4, -0.2) is 10.9 Å². The van der Waals surface area contributed by atoms with Gasteiger partial charge in [-0.3, -0.25) is 15.2 Å². The van der Waals surface area contributed by atoms with Gasteiger partial charge in [-0.1, -0.05) is 28.1 Å². The zero-order chi connectivity index (χ0) is 14.4. The van der Waals surface area contributed by atoms with Crippen LogP contribution >= 0.6 is 15.9 Å². The lowest BCUT2D eigenvalue weighted by molar-refractivity contribution is 0.0951. The quantitative estimate of drug-likeness (QED) is 0.498. The van der Waals surface area contributed by atoms with E-state index in [9.17, 15) is 4.79 Å². The molecule has 0 fully saturated rings. The van der Waals surface area contributed by atoms with E-state index in [0.717, 1.165) is 15.7 Å². The summed E-state index contributed by atoms with van der Waals surface area (Å²) in [6.07, 6.45) is 1.47. The number of nitrogens with one attached hydrogen (secondary N) is 1. The molecule has 1 aromatic heterocycles. The number of benzene rings is 1. The van der Waals surface area contributed by atoms with Crippen molar-refractivity contribution in [1.82, 2.24) is 10.4 Å². The molecule has 6 heteroatoms. The number of carbonyl (C=O) groups is 1. The van der Waals surface area contributed by atoms with Gasteiger partial charge in [-0.05, 0) is 29.8 Å². The molecule has 0 saturated carbocycles. The second-order valence-corrected chi connectivity index (χ2v) is 5.05. The smallest absolute Gasteiger partial charge is 0.266 e. The number of nitrogens with two attached hydrogens (primary N) is 1. The fourth-order valence-corrected chi connectivity index (χ4v) is 1.85. The Kier molecular flexibility index (Phi) is 5.23. The number of pyridine rings is 1. The van der Waals surface area contributed by atoms with Gasteiger partial charge in [0.1, 0.15) is 0 Å². The van der Waals surface area contributed by atoms with Gasteiger partial charge in [0.05, 0.1) is 24.5 Å². The number of aromatic nitrogens is 1. The summed E-state index contributed by atoms with van der Waals surface area (Å²) in [5, 5.41) is 0. The van der Waals surface area contributed by atoms with Crippen LogP contribution in [0.2, 0.25) is 0 Å². The van der Waals surface area contributed by atoms with Gasteiger partial charge in [-0.25, -0.2) is 5.84 Å². The van der Waals surface area contributed by atoms with E-state index < -0.39 is 0 Å². The van der Waals surface area contributed by atoms with Crippen molar-refractivity contribution in [2.45, 2.75) is 13.2 Å². The molecule has 104 valence electrons. The summed E-state index contributed by atoms with van der Waals surface area (Å²) in [6.45, 7) is 0.903. The van der Waals surface area contributed by atoms with Crippen LogP contribution in [0.3, 0.4) is 0 Å². The minimum Gasteiger partial charge on any atom is -0.370 e. The predicted octanol–water partition coefficient (Wildman–Crippen LogP) is 2.16. The first-order chi connectivity index (χ1) is 9.69. The maximum atomic E-state index is 11.2. The molecular formula is C14H14BrN3O2. The molecule has 1 heterocycles. The van der Waals surface area contributed by atoms with Gasteiger partial charge in [0.2, 0.25) is 0 Å². The number of carbonyl (C=O) groups excluding carboxylic acids is 1. The molecule has 20 heavy (non-hydrogen) atoms. The number of hydrogen-bond donors (Lipinski definition) is 2. The van der Waals surface area contributed by atoms with Gasteiger partial charge in [0, 0.05) is 10.7 Å². The van der Waals surface area contributed by atoms with Crippen molar-refractivity contribution < 1.29 is 9.53 Å². The largest absolute Gasteiger partial charge is 0.370 e. The normalized spacial score (nSPS) is 10.3. The lowest BCUT2D eigenvalue weighted by atomic mass is 10.2. The third-order valence-corrected chi connectivity index (χ3v) is 3.18. The Hall–Kier alpha value is -1.76. The van der Waals surface area contributed by atoms with E-state index >= 15 is 0 Å². The molecule has 0 radical (unpaired) electrons. The van der Waals surface area contributed by atoms with Crippen molar-refractivity contribution in [2.75, 3.05) is 0 Å². The van der Waals surface area contributed by atoms with Crippen LogP contribution in [0.4, 0.5) is 0 Å². The summed E-state index contributed by atoms with van der Waals surface area (Å²) in [4.78, 5) is 15.4. The number of nitrogen functional groups attached to an aromatic ring is 1. The van der Waals surface area contributed by atoms with Crippen LogP contribution in [0, 0.1) is 0 Å². The number of nitrogens with zero attached hydrogens (tertiary/aromatic N) is 1. The van der Waals surface area contributed by atoms with E-state index in [0.29, 0.717) is 18.8 Å². The molecule has 1 amide bonds. The number of hydrogen-bond acceptors (Lipinski definition) is 4. The monoisotopic (exact) mass is 335 g/mol. The Labute approximate surface area is 125 Å². The van der Waals surface area contributed by atoms with Crippen molar-refractivity contribution >= 4 is 21.8 Å². The van der Waals surface area contributed by atoms with Gasteiger partial charge in [-0.2, -0.15) is 0 Å². The minimum absolute atomic E-state index is 0.361. The van der Waals surface area contributed by atoms with Gasteiger partial charge in [-0.15, -0.1) is 0 Å². The van der Waals surface area contributed by atoms with Crippen LogP contribution in [0.5, 0.6) is 0 Å². The standard InChI is InChI=1S/C14H14BrN3O2/c15-12-4-1-10(2-5-12)8-20-9-13-6-3-11(7-17-13)14(19)18-16/h1-7H,8-9,16H2,(H,18,19). The average molecular weight is 336 g/mol. The summed E-state index contributed by atoms with van der Waals surface area (Å²) in [7, 11) is 0. The Bertz CT molecular complexity index is 570. The lowest BCUT2D eigenvalue weighted by Crippen LogP contribution is -2.30. The van der Waals surface area contributed by atoms with Crippen LogP contribution in [0.1, 0.15) is 21.6 Å². The molecule has 0 aliphatic carbocycles. The summed E-state index contributed by atoms with van der Waals surface area (Å²) >= 11 is 3.38. The van der Waals surface area contributed by atoms with E-state index in [1.165, 1.54) is 6.20 Å². The van der Waals surface area contributed by atoms with Gasteiger partial charge < -0.3 is 4.74 Å². The molecule has 5 nitrogen and oxygen atoms in total. The second-order valence-electron chi connectivity index (χ2n) is 4.13. The van der Waals surface area contributed by atoms with Crippen molar-refractivity contribution in [2.24, 2.45) is 5.84 Å². The molecule has 0 bridgehead atoms. The fraction of sp³-hybridized carbons (Fsp3) is 0.143. The number of amides is 1. The highest BCUT2D eigenvalue weighted by Crippen LogP contribution is 2.11. The van der Waals surface area contributed by atoms with E-state index in [1.54, 1.807) is 12.1 Å². The molecule has 1 aromatic carbocycles. The van der Waals surface area contributed by atoms with Crippen LogP contribution in [-0.2, 0) is 18.0 Å². The number of hydrazine groups is 1. The van der Waals surface area contributed by atoms with Crippen molar-refractivity contribution in [3.05, 3.63) is 63.9 Å². The van der Waals surface area contributed by atoms with E-state index in [1.807, 2.05) is 24.3 Å². The molecule has 0 atom stereocenters. The van der Waals surface area contributed by atoms with E-state index in [-0.39, 0.29) is 5.91 Å². The minimum atomic E-state index is -0.361. The molecule has 2 rings (SSSR count). The van der Waals surface area contributed by atoms with Crippen molar-refractivity contribution in [1.29, 1.82) is 0 Å². The molecule has 3 N–H and O–H groups in total. The Morgan fingerprint density at radius 2 is 1.95 bits per heavy atom. The highest BCUT2D eigenvalue weighted by atomic mass is 79.9. The van der Waals surface area contributed by atoms with Crippen LogP contribution in [0.25, 0.3) is 0 Å². The van der Waals surface area contributed by atoms with Crippen molar-refractivity contribution in [3.63, 3.8) is 0 Å². The van der Waals surface area contributed by atoms with Gasteiger partial charge in [0.15, 0.2) is 0 Å².